The van der Waals surface area contributed by atoms with Crippen molar-refractivity contribution in [1.82, 2.24) is 9.80 Å². The smallest absolute Gasteiger partial charge is 0.244 e. The van der Waals surface area contributed by atoms with Crippen molar-refractivity contribution in [1.29, 1.82) is 0 Å². The highest BCUT2D eigenvalue weighted by Crippen LogP contribution is 2.42. The SMILES string of the molecule is CN(C)CCN1C(=O)CC(c2ccccc2)(c2ccccc2)C1=O. The van der Waals surface area contributed by atoms with Crippen LogP contribution in [-0.2, 0) is 15.0 Å². The largest absolute Gasteiger partial charge is 0.308 e. The number of rotatable bonds is 5. The molecule has 1 heterocycles. The lowest BCUT2D eigenvalue weighted by molar-refractivity contribution is -0.139. The molecule has 0 bridgehead atoms. The van der Waals surface area contributed by atoms with E-state index in [2.05, 4.69) is 0 Å². The van der Waals surface area contributed by atoms with E-state index in [-0.39, 0.29) is 18.2 Å². The van der Waals surface area contributed by atoms with Crippen LogP contribution in [0, 0.1) is 0 Å². The fourth-order valence-corrected chi connectivity index (χ4v) is 3.33. The lowest BCUT2D eigenvalue weighted by Crippen LogP contribution is -2.41. The molecule has 0 N–H and O–H groups in total. The molecule has 24 heavy (non-hydrogen) atoms. The van der Waals surface area contributed by atoms with Crippen molar-refractivity contribution in [3.63, 3.8) is 0 Å². The Morgan fingerprint density at radius 3 is 1.88 bits per heavy atom. The highest BCUT2D eigenvalue weighted by Gasteiger charge is 2.53. The van der Waals surface area contributed by atoms with Gasteiger partial charge in [-0.15, -0.1) is 0 Å². The molecule has 0 spiro atoms. The van der Waals surface area contributed by atoms with Crippen molar-refractivity contribution >= 4 is 11.8 Å². The third-order valence-corrected chi connectivity index (χ3v) is 4.63. The van der Waals surface area contributed by atoms with Gasteiger partial charge < -0.3 is 4.90 Å². The minimum absolute atomic E-state index is 0.102. The van der Waals surface area contributed by atoms with Crippen molar-refractivity contribution in [3.8, 4) is 0 Å². The van der Waals surface area contributed by atoms with E-state index in [0.717, 1.165) is 11.1 Å². The average molecular weight is 322 g/mol. The summed E-state index contributed by atoms with van der Waals surface area (Å²) in [5.41, 5.74) is 0.843. The van der Waals surface area contributed by atoms with Crippen molar-refractivity contribution in [2.75, 3.05) is 27.2 Å². The summed E-state index contributed by atoms with van der Waals surface area (Å²) in [6, 6.07) is 19.3. The number of imide groups is 1. The van der Waals surface area contributed by atoms with Gasteiger partial charge in [0, 0.05) is 19.5 Å². The summed E-state index contributed by atoms with van der Waals surface area (Å²) in [4.78, 5) is 29.4. The molecule has 4 heteroatoms. The number of amides is 2. The maximum Gasteiger partial charge on any atom is 0.244 e. The normalized spacial score (nSPS) is 16.9. The fourth-order valence-electron chi connectivity index (χ4n) is 3.33. The molecule has 0 unspecified atom stereocenters. The van der Waals surface area contributed by atoms with E-state index in [1.54, 1.807) is 0 Å². The Kier molecular flexibility index (Phi) is 4.49. The number of carbonyl (C=O) groups excluding carboxylic acids is 2. The summed E-state index contributed by atoms with van der Waals surface area (Å²) in [7, 11) is 3.87. The van der Waals surface area contributed by atoms with Gasteiger partial charge in [-0.3, -0.25) is 14.5 Å². The highest BCUT2D eigenvalue weighted by molar-refractivity contribution is 6.11. The predicted molar refractivity (Wildman–Crippen MR) is 93.6 cm³/mol. The Balaban J connectivity index is 2.07. The van der Waals surface area contributed by atoms with E-state index in [1.165, 1.54) is 4.90 Å². The first-order chi connectivity index (χ1) is 11.6. The third kappa shape index (κ3) is 2.74. The molecule has 2 aromatic rings. The van der Waals surface area contributed by atoms with Crippen molar-refractivity contribution in [2.24, 2.45) is 0 Å². The molecular formula is C20H22N2O2. The lowest BCUT2D eigenvalue weighted by Gasteiger charge is -2.28. The molecule has 0 atom stereocenters. The first-order valence-corrected chi connectivity index (χ1v) is 8.16. The molecule has 4 nitrogen and oxygen atoms in total. The Morgan fingerprint density at radius 2 is 1.42 bits per heavy atom. The summed E-state index contributed by atoms with van der Waals surface area (Å²) in [5.74, 6) is -0.221. The Hall–Kier alpha value is -2.46. The predicted octanol–water partition coefficient (Wildman–Crippen LogP) is 2.29. The molecule has 1 saturated heterocycles. The number of nitrogens with zero attached hydrogens (tertiary/aromatic N) is 2. The van der Waals surface area contributed by atoms with Crippen molar-refractivity contribution in [2.45, 2.75) is 11.8 Å². The van der Waals surface area contributed by atoms with Crippen molar-refractivity contribution in [3.05, 3.63) is 71.8 Å². The van der Waals surface area contributed by atoms with Gasteiger partial charge in [-0.05, 0) is 25.2 Å². The Labute approximate surface area is 142 Å². The lowest BCUT2D eigenvalue weighted by atomic mass is 9.73. The number of likely N-dealkylation sites (tertiary alicyclic amines) is 1. The molecule has 0 aromatic heterocycles. The van der Waals surface area contributed by atoms with Crippen LogP contribution in [0.3, 0.4) is 0 Å². The topological polar surface area (TPSA) is 40.6 Å². The molecule has 1 aliphatic heterocycles. The third-order valence-electron chi connectivity index (χ3n) is 4.63. The molecule has 0 saturated carbocycles. The van der Waals surface area contributed by atoms with Gasteiger partial charge in [0.05, 0.1) is 0 Å². The van der Waals surface area contributed by atoms with Crippen LogP contribution in [-0.4, -0.2) is 48.8 Å². The summed E-state index contributed by atoms with van der Waals surface area (Å²) in [5, 5.41) is 0. The standard InChI is InChI=1S/C20H22N2O2/c1-21(2)13-14-22-18(23)15-20(19(22)24,16-9-5-3-6-10-16)17-11-7-4-8-12-17/h3-12H,13-15H2,1-2H3. The molecule has 0 radical (unpaired) electrons. The molecule has 124 valence electrons. The molecule has 2 aromatic carbocycles. The Morgan fingerprint density at radius 1 is 0.917 bits per heavy atom. The van der Waals surface area contributed by atoms with E-state index in [0.29, 0.717) is 13.1 Å². The molecular weight excluding hydrogens is 300 g/mol. The van der Waals surface area contributed by atoms with Crippen molar-refractivity contribution < 1.29 is 9.59 Å². The van der Waals surface area contributed by atoms with E-state index < -0.39 is 5.41 Å². The first-order valence-electron chi connectivity index (χ1n) is 8.16. The monoisotopic (exact) mass is 322 g/mol. The van der Waals surface area contributed by atoms with Gasteiger partial charge in [-0.1, -0.05) is 60.7 Å². The van der Waals surface area contributed by atoms with Crippen LogP contribution in [0.4, 0.5) is 0 Å². The van der Waals surface area contributed by atoms with E-state index >= 15 is 0 Å². The quantitative estimate of drug-likeness (QED) is 0.793. The Bertz CT molecular complexity index is 686. The van der Waals surface area contributed by atoms with Gasteiger partial charge in [0.2, 0.25) is 11.8 Å². The van der Waals surface area contributed by atoms with E-state index in [9.17, 15) is 9.59 Å². The molecule has 1 fully saturated rings. The zero-order valence-electron chi connectivity index (χ0n) is 14.1. The van der Waals surface area contributed by atoms with Crippen LogP contribution in [0.25, 0.3) is 0 Å². The second kappa shape index (κ2) is 6.57. The summed E-state index contributed by atoms with van der Waals surface area (Å²) >= 11 is 0. The molecule has 3 rings (SSSR count). The summed E-state index contributed by atoms with van der Waals surface area (Å²) in [6.07, 6.45) is 0.188. The number of hydrogen-bond donors (Lipinski definition) is 0. The molecule has 2 amide bonds. The van der Waals surface area contributed by atoms with Crippen LogP contribution in [0.5, 0.6) is 0 Å². The van der Waals surface area contributed by atoms with Crippen LogP contribution in [0.2, 0.25) is 0 Å². The zero-order valence-corrected chi connectivity index (χ0v) is 14.1. The molecule has 1 aliphatic rings. The zero-order chi connectivity index (χ0) is 17.2. The maximum absolute atomic E-state index is 13.3. The first kappa shape index (κ1) is 16.4. The second-order valence-corrected chi connectivity index (χ2v) is 6.47. The summed E-state index contributed by atoms with van der Waals surface area (Å²) < 4.78 is 0. The van der Waals surface area contributed by atoms with Crippen LogP contribution < -0.4 is 0 Å². The number of benzene rings is 2. The minimum atomic E-state index is -0.911. The van der Waals surface area contributed by atoms with Gasteiger partial charge in [0.25, 0.3) is 0 Å². The molecule has 0 aliphatic carbocycles. The van der Waals surface area contributed by atoms with E-state index in [1.807, 2.05) is 79.7 Å². The maximum atomic E-state index is 13.3. The van der Waals surface area contributed by atoms with Crippen LogP contribution in [0.15, 0.2) is 60.7 Å². The van der Waals surface area contributed by atoms with Gasteiger partial charge in [-0.2, -0.15) is 0 Å². The second-order valence-electron chi connectivity index (χ2n) is 6.47. The highest BCUT2D eigenvalue weighted by atomic mass is 16.2. The number of likely N-dealkylation sites (N-methyl/N-ethyl adjacent to an activating group) is 1. The average Bonchev–Trinajstić information content (AvgIpc) is 2.86. The minimum Gasteiger partial charge on any atom is -0.308 e. The van der Waals surface area contributed by atoms with Crippen LogP contribution >= 0.6 is 0 Å². The van der Waals surface area contributed by atoms with E-state index in [4.69, 9.17) is 0 Å². The fraction of sp³-hybridized carbons (Fsp3) is 0.300. The number of carbonyl (C=O) groups is 2. The number of hydrogen-bond acceptors (Lipinski definition) is 3. The van der Waals surface area contributed by atoms with Gasteiger partial charge in [0.1, 0.15) is 5.41 Å². The van der Waals surface area contributed by atoms with Gasteiger partial charge in [-0.25, -0.2) is 0 Å². The van der Waals surface area contributed by atoms with Gasteiger partial charge in [0.15, 0.2) is 0 Å². The van der Waals surface area contributed by atoms with Gasteiger partial charge >= 0.3 is 0 Å². The summed E-state index contributed by atoms with van der Waals surface area (Å²) in [6.45, 7) is 1.09. The van der Waals surface area contributed by atoms with Crippen LogP contribution in [0.1, 0.15) is 17.5 Å².